The zero-order valence-corrected chi connectivity index (χ0v) is 17.1. The first-order chi connectivity index (χ1) is 11.9. The lowest BCUT2D eigenvalue weighted by molar-refractivity contribution is -0.381. The molecule has 0 aliphatic heterocycles. The quantitative estimate of drug-likeness (QED) is 0.181. The molecule has 0 aliphatic rings. The lowest BCUT2D eigenvalue weighted by Gasteiger charge is -2.37. The molecule has 0 N–H and O–H groups in total. The van der Waals surface area contributed by atoms with Gasteiger partial charge in [0, 0.05) is 32.8 Å². The van der Waals surface area contributed by atoms with E-state index in [1.54, 1.807) is 28.3 Å². The monoisotopic (exact) mass is 358 g/mol. The van der Waals surface area contributed by atoms with Crippen molar-refractivity contribution in [3.8, 4) is 0 Å². The fraction of sp³-hybridized carbons (Fsp3) is 0.850. The first-order valence-electron chi connectivity index (χ1n) is 9.38. The van der Waals surface area contributed by atoms with Crippen LogP contribution in [0.15, 0.2) is 12.2 Å². The second kappa shape index (κ2) is 13.3. The van der Waals surface area contributed by atoms with Gasteiger partial charge in [-0.25, -0.2) is 4.79 Å². The Balaban J connectivity index is 4.77. The lowest BCUT2D eigenvalue weighted by Crippen LogP contribution is -2.45. The molecule has 5 heteroatoms. The van der Waals surface area contributed by atoms with E-state index in [4.69, 9.17) is 18.9 Å². The van der Waals surface area contributed by atoms with Crippen molar-refractivity contribution in [3.63, 3.8) is 0 Å². The Morgan fingerprint density at radius 2 is 1.52 bits per heavy atom. The molecule has 2 atom stereocenters. The summed E-state index contributed by atoms with van der Waals surface area (Å²) in [6.45, 7) is 9.36. The van der Waals surface area contributed by atoms with E-state index in [0.29, 0.717) is 12.0 Å². The summed E-state index contributed by atoms with van der Waals surface area (Å²) in [4.78, 5) is 11.7. The first kappa shape index (κ1) is 24.1. The Labute approximate surface area is 154 Å². The highest BCUT2D eigenvalue weighted by atomic mass is 16.9. The fourth-order valence-corrected chi connectivity index (χ4v) is 3.09. The molecule has 148 valence electrons. The van der Waals surface area contributed by atoms with Crippen LogP contribution >= 0.6 is 0 Å². The Hall–Kier alpha value is -0.910. The molecule has 5 nitrogen and oxygen atoms in total. The second-order valence-electron chi connectivity index (χ2n) is 6.70. The van der Waals surface area contributed by atoms with Gasteiger partial charge in [0.05, 0.1) is 6.10 Å². The van der Waals surface area contributed by atoms with Crippen molar-refractivity contribution in [2.24, 2.45) is 5.92 Å². The molecule has 0 saturated heterocycles. The Morgan fingerprint density at radius 3 is 2.00 bits per heavy atom. The molecule has 0 aromatic carbocycles. The van der Waals surface area contributed by atoms with Crippen molar-refractivity contribution >= 4 is 5.97 Å². The Kier molecular flexibility index (Phi) is 12.8. The standard InChI is InChI=1S/C20H38O5/c1-8-9-10-11-12-13-14-18(20(22-5,23-6)24-7)15-17(4)25-19(21)16(2)3/h17-18H,2,8-15H2,1,3-7H3. The van der Waals surface area contributed by atoms with E-state index in [2.05, 4.69) is 13.5 Å². The predicted octanol–water partition coefficient (Wildman–Crippen LogP) is 4.84. The van der Waals surface area contributed by atoms with Crippen LogP contribution in [0.2, 0.25) is 0 Å². The van der Waals surface area contributed by atoms with Crippen LogP contribution in [0.4, 0.5) is 0 Å². The van der Waals surface area contributed by atoms with Crippen molar-refractivity contribution in [1.82, 2.24) is 0 Å². The van der Waals surface area contributed by atoms with E-state index in [1.165, 1.54) is 32.1 Å². The van der Waals surface area contributed by atoms with E-state index in [0.717, 1.165) is 12.8 Å². The number of hydrogen-bond acceptors (Lipinski definition) is 5. The van der Waals surface area contributed by atoms with E-state index >= 15 is 0 Å². The van der Waals surface area contributed by atoms with Crippen LogP contribution in [0.5, 0.6) is 0 Å². The summed E-state index contributed by atoms with van der Waals surface area (Å²) < 4.78 is 22.1. The summed E-state index contributed by atoms with van der Waals surface area (Å²) in [6.07, 6.45) is 8.49. The molecule has 2 unspecified atom stereocenters. The van der Waals surface area contributed by atoms with Gasteiger partial charge in [-0.2, -0.15) is 0 Å². The second-order valence-corrected chi connectivity index (χ2v) is 6.70. The SMILES string of the molecule is C=C(C)C(=O)OC(C)CC(CCCCCCCC)C(OC)(OC)OC. The van der Waals surface area contributed by atoms with Crippen molar-refractivity contribution in [3.05, 3.63) is 12.2 Å². The zero-order valence-electron chi connectivity index (χ0n) is 17.1. The number of hydrogen-bond donors (Lipinski definition) is 0. The third-order valence-corrected chi connectivity index (χ3v) is 4.53. The highest BCUT2D eigenvalue weighted by Crippen LogP contribution is 2.33. The number of rotatable bonds is 15. The summed E-state index contributed by atoms with van der Waals surface area (Å²) in [7, 11) is 4.73. The highest BCUT2D eigenvalue weighted by Gasteiger charge is 2.40. The van der Waals surface area contributed by atoms with Crippen LogP contribution in [-0.4, -0.2) is 39.4 Å². The maximum absolute atomic E-state index is 11.7. The van der Waals surface area contributed by atoms with Gasteiger partial charge in [0.2, 0.25) is 0 Å². The van der Waals surface area contributed by atoms with Crippen LogP contribution in [0.1, 0.15) is 72.1 Å². The van der Waals surface area contributed by atoms with Gasteiger partial charge >= 0.3 is 5.97 Å². The summed E-state index contributed by atoms with van der Waals surface area (Å²) >= 11 is 0. The van der Waals surface area contributed by atoms with E-state index in [-0.39, 0.29) is 18.0 Å². The zero-order chi connectivity index (χ0) is 19.3. The van der Waals surface area contributed by atoms with Gasteiger partial charge in [-0.15, -0.1) is 0 Å². The molecule has 0 radical (unpaired) electrons. The molecule has 25 heavy (non-hydrogen) atoms. The minimum Gasteiger partial charge on any atom is -0.459 e. The van der Waals surface area contributed by atoms with Crippen molar-refractivity contribution in [2.45, 2.75) is 84.2 Å². The largest absolute Gasteiger partial charge is 0.459 e. The molecule has 0 aromatic rings. The predicted molar refractivity (Wildman–Crippen MR) is 100 cm³/mol. The summed E-state index contributed by atoms with van der Waals surface area (Å²) in [5.74, 6) is -1.52. The molecule has 0 spiro atoms. The summed E-state index contributed by atoms with van der Waals surface area (Å²) in [6, 6.07) is 0. The summed E-state index contributed by atoms with van der Waals surface area (Å²) in [5.41, 5.74) is 0.399. The number of methoxy groups -OCH3 is 3. The molecule has 0 amide bonds. The van der Waals surface area contributed by atoms with Gasteiger partial charge in [0.1, 0.15) is 0 Å². The van der Waals surface area contributed by atoms with Gasteiger partial charge in [-0.05, 0) is 26.7 Å². The van der Waals surface area contributed by atoms with Gasteiger partial charge in [0.25, 0.3) is 5.97 Å². The van der Waals surface area contributed by atoms with E-state index in [1.807, 2.05) is 6.92 Å². The average Bonchev–Trinajstić information content (AvgIpc) is 2.59. The van der Waals surface area contributed by atoms with Gasteiger partial charge in [-0.3, -0.25) is 0 Å². The van der Waals surface area contributed by atoms with Crippen molar-refractivity contribution in [2.75, 3.05) is 21.3 Å². The Bertz CT molecular complexity index is 368. The number of carbonyl (C=O) groups is 1. The molecule has 0 aliphatic carbocycles. The number of unbranched alkanes of at least 4 members (excludes halogenated alkanes) is 5. The van der Waals surface area contributed by atoms with Crippen LogP contribution in [0, 0.1) is 5.92 Å². The normalized spacial score (nSPS) is 14.2. The fourth-order valence-electron chi connectivity index (χ4n) is 3.09. The van der Waals surface area contributed by atoms with Crippen molar-refractivity contribution in [1.29, 1.82) is 0 Å². The van der Waals surface area contributed by atoms with Gasteiger partial charge in [0.15, 0.2) is 0 Å². The van der Waals surface area contributed by atoms with Crippen LogP contribution in [0.3, 0.4) is 0 Å². The van der Waals surface area contributed by atoms with Crippen molar-refractivity contribution < 1.29 is 23.7 Å². The lowest BCUT2D eigenvalue weighted by atomic mass is 9.92. The van der Waals surface area contributed by atoms with Gasteiger partial charge < -0.3 is 18.9 Å². The molecule has 0 rings (SSSR count). The molecule has 0 bridgehead atoms. The summed E-state index contributed by atoms with van der Waals surface area (Å²) in [5, 5.41) is 0. The molecule has 0 saturated carbocycles. The maximum atomic E-state index is 11.7. The smallest absolute Gasteiger partial charge is 0.333 e. The topological polar surface area (TPSA) is 54.0 Å². The minimum atomic E-state index is -1.12. The molecule has 0 heterocycles. The van der Waals surface area contributed by atoms with E-state index < -0.39 is 5.97 Å². The third-order valence-electron chi connectivity index (χ3n) is 4.53. The minimum absolute atomic E-state index is 0.0356. The maximum Gasteiger partial charge on any atom is 0.333 e. The van der Waals surface area contributed by atoms with Gasteiger partial charge in [-0.1, -0.05) is 52.0 Å². The molecule has 0 aromatic heterocycles. The molecule has 0 fully saturated rings. The third kappa shape index (κ3) is 8.84. The Morgan fingerprint density at radius 1 is 1.00 bits per heavy atom. The number of esters is 1. The highest BCUT2D eigenvalue weighted by molar-refractivity contribution is 5.87. The van der Waals surface area contributed by atoms with Crippen LogP contribution in [-0.2, 0) is 23.7 Å². The van der Waals surface area contributed by atoms with E-state index in [9.17, 15) is 4.79 Å². The first-order valence-corrected chi connectivity index (χ1v) is 9.38. The average molecular weight is 359 g/mol. The molecular formula is C20H38O5. The van der Waals surface area contributed by atoms with Crippen LogP contribution in [0.25, 0.3) is 0 Å². The van der Waals surface area contributed by atoms with Crippen LogP contribution < -0.4 is 0 Å². The number of ether oxygens (including phenoxy) is 4. The number of carbonyl (C=O) groups excluding carboxylic acids is 1. The molecular weight excluding hydrogens is 320 g/mol.